The quantitative estimate of drug-likeness (QED) is 0.184. The zero-order chi connectivity index (χ0) is 34.8. The van der Waals surface area contributed by atoms with Gasteiger partial charge in [0.1, 0.15) is 11.2 Å². The Morgan fingerprint density at radius 2 is 1.36 bits per heavy atom. The Morgan fingerprint density at radius 1 is 0.623 bits per heavy atom. The van der Waals surface area contributed by atoms with Gasteiger partial charge in [0.15, 0.2) is 17.5 Å². The molecule has 0 aliphatic heterocycles. The summed E-state index contributed by atoms with van der Waals surface area (Å²) in [6.07, 6.45) is 10.4. The molecular formula is C47H33N5O. The highest BCUT2D eigenvalue weighted by molar-refractivity contribution is 6.11. The molecule has 252 valence electrons. The monoisotopic (exact) mass is 683 g/mol. The van der Waals surface area contributed by atoms with Crippen LogP contribution in [-0.2, 0) is 5.41 Å². The molecule has 0 unspecified atom stereocenters. The molecule has 4 bridgehead atoms. The second-order valence-corrected chi connectivity index (χ2v) is 15.8. The third kappa shape index (κ3) is 4.02. The highest BCUT2D eigenvalue weighted by atomic mass is 16.3. The molecule has 4 saturated carbocycles. The molecule has 53 heavy (non-hydrogen) atoms. The second-order valence-electron chi connectivity index (χ2n) is 15.8. The van der Waals surface area contributed by atoms with E-state index in [1.165, 1.54) is 48.8 Å². The second kappa shape index (κ2) is 10.7. The van der Waals surface area contributed by atoms with Crippen molar-refractivity contribution in [3.63, 3.8) is 0 Å². The molecule has 5 aliphatic carbocycles. The van der Waals surface area contributed by atoms with Crippen LogP contribution in [0.15, 0.2) is 120 Å². The molecule has 13 rings (SSSR count). The molecule has 0 N–H and O–H groups in total. The Hall–Kier alpha value is -6.19. The predicted octanol–water partition coefficient (Wildman–Crippen LogP) is 10.9. The molecule has 6 nitrogen and oxygen atoms in total. The van der Waals surface area contributed by atoms with Crippen molar-refractivity contribution in [1.82, 2.24) is 19.9 Å². The lowest BCUT2D eigenvalue weighted by atomic mass is 9.43. The fourth-order valence-electron chi connectivity index (χ4n) is 11.4. The van der Waals surface area contributed by atoms with Crippen molar-refractivity contribution in [2.45, 2.75) is 37.5 Å². The lowest BCUT2D eigenvalue weighted by Crippen LogP contribution is -2.55. The van der Waals surface area contributed by atoms with Crippen LogP contribution in [0.3, 0.4) is 0 Å². The average Bonchev–Trinajstić information content (AvgIpc) is 3.73. The number of para-hydroxylation sites is 1. The first-order chi connectivity index (χ1) is 26.2. The molecule has 0 atom stereocenters. The minimum absolute atomic E-state index is 0.147. The summed E-state index contributed by atoms with van der Waals surface area (Å²) in [5.74, 6) is 4.43. The fourth-order valence-corrected chi connectivity index (χ4v) is 11.4. The molecule has 0 saturated heterocycles. The van der Waals surface area contributed by atoms with Crippen LogP contribution in [-0.4, -0.2) is 19.9 Å². The van der Waals surface area contributed by atoms with E-state index in [1.54, 1.807) is 0 Å². The number of hydrogen-bond acceptors (Lipinski definition) is 6. The Labute approximate surface area is 306 Å². The van der Waals surface area contributed by atoms with Crippen molar-refractivity contribution in [3.05, 3.63) is 132 Å². The molecule has 6 heteroatoms. The van der Waals surface area contributed by atoms with Crippen LogP contribution in [0.4, 0.5) is 0 Å². The van der Waals surface area contributed by atoms with Gasteiger partial charge >= 0.3 is 0 Å². The minimum atomic E-state index is -0.147. The maximum Gasteiger partial charge on any atom is 0.164 e. The summed E-state index contributed by atoms with van der Waals surface area (Å²) in [4.78, 5) is 20.4. The maximum atomic E-state index is 10.9. The summed E-state index contributed by atoms with van der Waals surface area (Å²) in [7, 11) is 0. The number of rotatable bonds is 3. The first-order valence-electron chi connectivity index (χ1n) is 18.9. The largest absolute Gasteiger partial charge is 0.456 e. The van der Waals surface area contributed by atoms with Gasteiger partial charge in [0.05, 0.1) is 11.6 Å². The van der Waals surface area contributed by atoms with Gasteiger partial charge in [-0.05, 0) is 120 Å². The average molecular weight is 684 g/mol. The number of nitriles is 1. The molecule has 8 aromatic rings. The molecule has 4 fully saturated rings. The number of fused-ring (bicyclic) bond motifs is 7. The molecule has 3 heterocycles. The zero-order valence-electron chi connectivity index (χ0n) is 29.0. The Bertz CT molecular complexity index is 2870. The van der Waals surface area contributed by atoms with E-state index < -0.39 is 0 Å². The topological polar surface area (TPSA) is 88.5 Å². The summed E-state index contributed by atoms with van der Waals surface area (Å²) in [5.41, 5.74) is 9.65. The van der Waals surface area contributed by atoms with Crippen LogP contribution < -0.4 is 0 Å². The summed E-state index contributed by atoms with van der Waals surface area (Å²) in [6, 6.07) is 38.1. The van der Waals surface area contributed by atoms with Crippen LogP contribution in [0.2, 0.25) is 0 Å². The summed E-state index contributed by atoms with van der Waals surface area (Å²) < 4.78 is 6.30. The highest BCUT2D eigenvalue weighted by Gasteiger charge is 2.62. The number of hydrogen-bond donors (Lipinski definition) is 0. The molecule has 0 radical (unpaired) electrons. The molecule has 5 aromatic carbocycles. The third-order valence-corrected chi connectivity index (χ3v) is 13.2. The Balaban J connectivity index is 1.12. The van der Waals surface area contributed by atoms with Crippen molar-refractivity contribution in [3.8, 4) is 51.4 Å². The summed E-state index contributed by atoms with van der Waals surface area (Å²) in [5, 5.41) is 15.1. The SMILES string of the molecule is N#Cc1cc(-c2nc(-c3ccc4ccccc4c3)nc(-c3cccc4oc5ccccc5c34)n2)cc2c1-c1ccncc1C21C2CC3CC(C2)CC1C3. The fraction of sp³-hybridized carbons (Fsp3) is 0.213. The number of furan rings is 1. The van der Waals surface area contributed by atoms with Gasteiger partial charge in [0, 0.05) is 50.8 Å². The first-order valence-corrected chi connectivity index (χ1v) is 18.9. The standard InChI is InChI=1S/C47H33N5O/c48-24-32-22-31(23-38-42(32)35-14-15-49-25-39(35)47(38)33-17-26-16-27(19-33)20-34(47)18-26)45-50-44(30-13-12-28-6-1-2-7-29(28)21-30)51-46(52-45)37-9-5-11-41-43(37)36-8-3-4-10-40(36)53-41/h1-15,21-23,25-27,33-34H,16-20H2. The third-order valence-electron chi connectivity index (χ3n) is 13.2. The minimum Gasteiger partial charge on any atom is -0.456 e. The lowest BCUT2D eigenvalue weighted by Gasteiger charge is -2.61. The van der Waals surface area contributed by atoms with Crippen molar-refractivity contribution < 1.29 is 4.42 Å². The molecular weight excluding hydrogens is 651 g/mol. The zero-order valence-corrected chi connectivity index (χ0v) is 29.0. The smallest absolute Gasteiger partial charge is 0.164 e. The number of nitrogens with zero attached hydrogens (tertiary/aromatic N) is 5. The van der Waals surface area contributed by atoms with Crippen molar-refractivity contribution in [2.75, 3.05) is 0 Å². The lowest BCUT2D eigenvalue weighted by molar-refractivity contribution is -0.0400. The molecule has 1 spiro atoms. The predicted molar refractivity (Wildman–Crippen MR) is 207 cm³/mol. The number of aromatic nitrogens is 4. The van der Waals surface area contributed by atoms with Crippen LogP contribution in [0.1, 0.15) is 48.8 Å². The van der Waals surface area contributed by atoms with Crippen molar-refractivity contribution in [2.24, 2.45) is 23.7 Å². The van der Waals surface area contributed by atoms with Gasteiger partial charge in [-0.3, -0.25) is 4.98 Å². The van der Waals surface area contributed by atoms with Crippen LogP contribution in [0.5, 0.6) is 0 Å². The normalized spacial score (nSPS) is 23.5. The van der Waals surface area contributed by atoms with Gasteiger partial charge in [0.25, 0.3) is 0 Å². The highest BCUT2D eigenvalue weighted by Crippen LogP contribution is 2.69. The molecule has 0 amide bonds. The van der Waals surface area contributed by atoms with E-state index >= 15 is 0 Å². The van der Waals surface area contributed by atoms with E-state index in [1.807, 2.05) is 42.6 Å². The maximum absolute atomic E-state index is 10.9. The van der Waals surface area contributed by atoms with Gasteiger partial charge in [0.2, 0.25) is 0 Å². The Morgan fingerprint density at radius 3 is 2.19 bits per heavy atom. The number of benzene rings is 5. The molecule has 5 aliphatic rings. The van der Waals surface area contributed by atoms with Gasteiger partial charge in [-0.15, -0.1) is 0 Å². The van der Waals surface area contributed by atoms with Crippen molar-refractivity contribution in [1.29, 1.82) is 5.26 Å². The van der Waals surface area contributed by atoms with Gasteiger partial charge < -0.3 is 4.42 Å². The number of pyridine rings is 1. The summed E-state index contributed by atoms with van der Waals surface area (Å²) >= 11 is 0. The van der Waals surface area contributed by atoms with E-state index in [0.717, 1.165) is 66.8 Å². The van der Waals surface area contributed by atoms with Gasteiger partial charge in [-0.2, -0.15) is 5.26 Å². The first kappa shape index (κ1) is 29.4. The van der Waals surface area contributed by atoms with E-state index in [9.17, 15) is 5.26 Å². The van der Waals surface area contributed by atoms with E-state index in [-0.39, 0.29) is 5.41 Å². The summed E-state index contributed by atoms with van der Waals surface area (Å²) in [6.45, 7) is 0. The van der Waals surface area contributed by atoms with E-state index in [4.69, 9.17) is 24.4 Å². The van der Waals surface area contributed by atoms with Gasteiger partial charge in [-0.25, -0.2) is 15.0 Å². The van der Waals surface area contributed by atoms with E-state index in [2.05, 4.69) is 79.0 Å². The van der Waals surface area contributed by atoms with Gasteiger partial charge in [-0.1, -0.05) is 66.7 Å². The van der Waals surface area contributed by atoms with Crippen LogP contribution >= 0.6 is 0 Å². The van der Waals surface area contributed by atoms with Crippen molar-refractivity contribution >= 4 is 32.7 Å². The Kier molecular flexibility index (Phi) is 5.92. The van der Waals surface area contributed by atoms with Crippen LogP contribution in [0.25, 0.3) is 78.0 Å². The van der Waals surface area contributed by atoms with Crippen LogP contribution in [0, 0.1) is 35.0 Å². The van der Waals surface area contributed by atoms with E-state index in [0.29, 0.717) is 34.9 Å². The molecule has 3 aromatic heterocycles.